The number of nitrogens with zero attached hydrogens (tertiary/aromatic N) is 1. The fraction of sp³-hybridized carbons (Fsp3) is 0.538. The van der Waals surface area contributed by atoms with Crippen molar-refractivity contribution < 1.29 is 8.42 Å². The number of hydrogen-bond acceptors (Lipinski definition) is 4. The lowest BCUT2D eigenvalue weighted by Gasteiger charge is -2.22. The molecular formula is C13H19ClN2O2S. The summed E-state index contributed by atoms with van der Waals surface area (Å²) < 4.78 is 24.4. The molecule has 0 radical (unpaired) electrons. The molecule has 19 heavy (non-hydrogen) atoms. The number of nitrogens with two attached hydrogens (primary N) is 1. The molecule has 0 aromatic heterocycles. The molecule has 1 unspecified atom stereocenters. The lowest BCUT2D eigenvalue weighted by Crippen LogP contribution is -2.38. The number of likely N-dealkylation sites (tertiary alicyclic amines) is 1. The van der Waals surface area contributed by atoms with Gasteiger partial charge in [0.05, 0.1) is 10.6 Å². The fourth-order valence-corrected chi connectivity index (χ4v) is 3.84. The second-order valence-corrected chi connectivity index (χ2v) is 7.39. The summed E-state index contributed by atoms with van der Waals surface area (Å²) in [6.07, 6.45) is 2.17. The van der Waals surface area contributed by atoms with Crippen molar-refractivity contribution in [1.29, 1.82) is 0 Å². The van der Waals surface area contributed by atoms with Crippen LogP contribution < -0.4 is 5.73 Å². The molecule has 1 aliphatic heterocycles. The predicted octanol–water partition coefficient (Wildman–Crippen LogP) is 1.54. The van der Waals surface area contributed by atoms with Crippen molar-refractivity contribution in [2.24, 2.45) is 5.73 Å². The van der Waals surface area contributed by atoms with Crippen LogP contribution in [0.3, 0.4) is 0 Å². The molecular weight excluding hydrogens is 284 g/mol. The van der Waals surface area contributed by atoms with Gasteiger partial charge in [-0.1, -0.05) is 11.6 Å². The van der Waals surface area contributed by atoms with Gasteiger partial charge in [0.2, 0.25) is 0 Å². The molecule has 4 nitrogen and oxygen atoms in total. The molecule has 6 heteroatoms. The number of rotatable bonds is 5. The van der Waals surface area contributed by atoms with Gasteiger partial charge in [0.25, 0.3) is 0 Å². The highest BCUT2D eigenvalue weighted by Crippen LogP contribution is 2.18. The van der Waals surface area contributed by atoms with Crippen molar-refractivity contribution >= 4 is 21.4 Å². The normalized spacial score (nSPS) is 20.8. The first-order valence-corrected chi connectivity index (χ1v) is 8.48. The Kier molecular flexibility index (Phi) is 4.84. The van der Waals surface area contributed by atoms with Crippen LogP contribution in [0.1, 0.15) is 12.8 Å². The molecule has 1 fully saturated rings. The second-order valence-electron chi connectivity index (χ2n) is 4.84. The highest BCUT2D eigenvalue weighted by molar-refractivity contribution is 7.91. The molecule has 1 atom stereocenters. The van der Waals surface area contributed by atoms with E-state index >= 15 is 0 Å². The van der Waals surface area contributed by atoms with E-state index in [1.165, 1.54) is 0 Å². The molecule has 1 aromatic rings. The van der Waals surface area contributed by atoms with Gasteiger partial charge >= 0.3 is 0 Å². The van der Waals surface area contributed by atoms with Crippen molar-refractivity contribution in [2.45, 2.75) is 23.8 Å². The SMILES string of the molecule is NCC1CCCN1CCS(=O)(=O)c1ccc(Cl)cc1. The van der Waals surface area contributed by atoms with E-state index in [0.717, 1.165) is 19.4 Å². The lowest BCUT2D eigenvalue weighted by molar-refractivity contribution is 0.273. The summed E-state index contributed by atoms with van der Waals surface area (Å²) in [6, 6.07) is 6.66. The van der Waals surface area contributed by atoms with Crippen LogP contribution in [0.5, 0.6) is 0 Å². The summed E-state index contributed by atoms with van der Waals surface area (Å²) in [5.74, 6) is 0.130. The maximum Gasteiger partial charge on any atom is 0.179 e. The number of benzene rings is 1. The van der Waals surface area contributed by atoms with Crippen molar-refractivity contribution in [1.82, 2.24) is 4.90 Å². The monoisotopic (exact) mass is 302 g/mol. The van der Waals surface area contributed by atoms with Gasteiger partial charge in [-0.3, -0.25) is 4.90 Å². The summed E-state index contributed by atoms with van der Waals surface area (Å²) in [7, 11) is -3.24. The first kappa shape index (κ1) is 14.8. The van der Waals surface area contributed by atoms with Crippen LogP contribution in [-0.4, -0.2) is 44.7 Å². The minimum absolute atomic E-state index is 0.130. The standard InChI is InChI=1S/C13H19ClN2O2S/c14-11-3-5-13(6-4-11)19(17,18)9-8-16-7-1-2-12(16)10-15/h3-6,12H,1-2,7-10,15H2. The molecule has 0 amide bonds. The van der Waals surface area contributed by atoms with Crippen molar-refractivity contribution in [2.75, 3.05) is 25.4 Å². The average molecular weight is 303 g/mol. The van der Waals surface area contributed by atoms with E-state index in [4.69, 9.17) is 17.3 Å². The molecule has 0 bridgehead atoms. The number of sulfone groups is 1. The van der Waals surface area contributed by atoms with E-state index < -0.39 is 9.84 Å². The van der Waals surface area contributed by atoms with Gasteiger partial charge in [0.1, 0.15) is 0 Å². The summed E-state index contributed by atoms with van der Waals surface area (Å²) in [6.45, 7) is 2.09. The van der Waals surface area contributed by atoms with E-state index in [-0.39, 0.29) is 5.75 Å². The van der Waals surface area contributed by atoms with Crippen LogP contribution in [0.4, 0.5) is 0 Å². The smallest absolute Gasteiger partial charge is 0.179 e. The third-order valence-electron chi connectivity index (χ3n) is 3.59. The van der Waals surface area contributed by atoms with Crippen molar-refractivity contribution in [3.63, 3.8) is 0 Å². The van der Waals surface area contributed by atoms with Gasteiger partial charge in [-0.15, -0.1) is 0 Å². The number of halogens is 1. The topological polar surface area (TPSA) is 63.4 Å². The Labute approximate surface area is 119 Å². The number of hydrogen-bond donors (Lipinski definition) is 1. The Hall–Kier alpha value is -0.620. The Balaban J connectivity index is 2.00. The average Bonchev–Trinajstić information content (AvgIpc) is 2.84. The van der Waals surface area contributed by atoms with Gasteiger partial charge in [-0.05, 0) is 43.7 Å². The minimum atomic E-state index is -3.24. The summed E-state index contributed by atoms with van der Waals surface area (Å²) in [5, 5.41) is 0.543. The Morgan fingerprint density at radius 3 is 2.63 bits per heavy atom. The minimum Gasteiger partial charge on any atom is -0.329 e. The zero-order valence-corrected chi connectivity index (χ0v) is 12.3. The van der Waals surface area contributed by atoms with Gasteiger partial charge in [0, 0.05) is 24.2 Å². The van der Waals surface area contributed by atoms with Crippen LogP contribution in [0.25, 0.3) is 0 Å². The van der Waals surface area contributed by atoms with Crippen LogP contribution in [0.15, 0.2) is 29.2 Å². The van der Waals surface area contributed by atoms with Gasteiger partial charge in [-0.25, -0.2) is 8.42 Å². The molecule has 1 aromatic carbocycles. The van der Waals surface area contributed by atoms with Crippen LogP contribution in [0, 0.1) is 0 Å². The largest absolute Gasteiger partial charge is 0.329 e. The molecule has 1 saturated heterocycles. The summed E-state index contributed by atoms with van der Waals surface area (Å²) >= 11 is 5.76. The van der Waals surface area contributed by atoms with Crippen molar-refractivity contribution in [3.05, 3.63) is 29.3 Å². The molecule has 106 valence electrons. The second kappa shape index (κ2) is 6.22. The van der Waals surface area contributed by atoms with E-state index in [9.17, 15) is 8.42 Å². The third-order valence-corrected chi connectivity index (χ3v) is 5.55. The van der Waals surface area contributed by atoms with Crippen LogP contribution in [0.2, 0.25) is 5.02 Å². The summed E-state index contributed by atoms with van der Waals surface area (Å²) in [5.41, 5.74) is 5.69. The van der Waals surface area contributed by atoms with E-state index in [2.05, 4.69) is 4.90 Å². The molecule has 0 saturated carbocycles. The van der Waals surface area contributed by atoms with E-state index in [1.54, 1.807) is 24.3 Å². The van der Waals surface area contributed by atoms with Gasteiger partial charge < -0.3 is 5.73 Å². The quantitative estimate of drug-likeness (QED) is 0.896. The first-order chi connectivity index (χ1) is 9.03. The van der Waals surface area contributed by atoms with Crippen molar-refractivity contribution in [3.8, 4) is 0 Å². The van der Waals surface area contributed by atoms with Crippen LogP contribution in [-0.2, 0) is 9.84 Å². The predicted molar refractivity (Wildman–Crippen MR) is 77.2 cm³/mol. The Bertz CT molecular complexity index is 516. The lowest BCUT2D eigenvalue weighted by atomic mass is 10.2. The van der Waals surface area contributed by atoms with E-state index in [0.29, 0.717) is 29.0 Å². The highest BCUT2D eigenvalue weighted by Gasteiger charge is 2.25. The maximum absolute atomic E-state index is 12.2. The third kappa shape index (κ3) is 3.69. The zero-order valence-electron chi connectivity index (χ0n) is 10.8. The molecule has 2 N–H and O–H groups in total. The molecule has 2 rings (SSSR count). The van der Waals surface area contributed by atoms with E-state index in [1.807, 2.05) is 0 Å². The molecule has 0 aliphatic carbocycles. The van der Waals surface area contributed by atoms with Gasteiger partial charge in [0.15, 0.2) is 9.84 Å². The first-order valence-electron chi connectivity index (χ1n) is 6.45. The molecule has 0 spiro atoms. The van der Waals surface area contributed by atoms with Gasteiger partial charge in [-0.2, -0.15) is 0 Å². The Morgan fingerprint density at radius 2 is 2.00 bits per heavy atom. The van der Waals surface area contributed by atoms with Crippen LogP contribution >= 0.6 is 11.6 Å². The molecule has 1 heterocycles. The fourth-order valence-electron chi connectivity index (χ4n) is 2.45. The zero-order chi connectivity index (χ0) is 13.9. The maximum atomic E-state index is 12.2. The highest BCUT2D eigenvalue weighted by atomic mass is 35.5. The molecule has 1 aliphatic rings. The summed E-state index contributed by atoms with van der Waals surface area (Å²) in [4.78, 5) is 2.51. The Morgan fingerprint density at radius 1 is 1.32 bits per heavy atom.